The first-order chi connectivity index (χ1) is 10.1. The van der Waals surface area contributed by atoms with E-state index in [0.717, 1.165) is 12.0 Å². The molecule has 1 N–H and O–H groups in total. The predicted molar refractivity (Wildman–Crippen MR) is 83.2 cm³/mol. The van der Waals surface area contributed by atoms with E-state index in [1.165, 1.54) is 0 Å². The highest BCUT2D eigenvalue weighted by Gasteiger charge is 2.38. The van der Waals surface area contributed by atoms with E-state index in [1.54, 1.807) is 4.90 Å². The molecule has 1 aromatic rings. The summed E-state index contributed by atoms with van der Waals surface area (Å²) in [6.07, 6.45) is 1.98. The molecule has 0 bridgehead atoms. The molecule has 1 aromatic carbocycles. The highest BCUT2D eigenvalue weighted by Crippen LogP contribution is 2.16. The van der Waals surface area contributed by atoms with Crippen molar-refractivity contribution < 1.29 is 9.59 Å². The summed E-state index contributed by atoms with van der Waals surface area (Å²) in [5.74, 6) is -0.0158. The van der Waals surface area contributed by atoms with Crippen LogP contribution in [0.5, 0.6) is 0 Å². The summed E-state index contributed by atoms with van der Waals surface area (Å²) in [7, 11) is 0. The van der Waals surface area contributed by atoms with Gasteiger partial charge in [0.2, 0.25) is 11.8 Å². The summed E-state index contributed by atoms with van der Waals surface area (Å²) >= 11 is 5.87. The lowest BCUT2D eigenvalue weighted by atomic mass is 10.0. The van der Waals surface area contributed by atoms with Gasteiger partial charge in [0.05, 0.1) is 0 Å². The lowest BCUT2D eigenvalue weighted by molar-refractivity contribution is -0.149. The van der Waals surface area contributed by atoms with Crippen LogP contribution in [0.2, 0.25) is 5.02 Å². The smallest absolute Gasteiger partial charge is 0.245 e. The summed E-state index contributed by atoms with van der Waals surface area (Å²) in [6.45, 7) is 4.40. The van der Waals surface area contributed by atoms with Crippen LogP contribution in [0, 0.1) is 0 Å². The van der Waals surface area contributed by atoms with Crippen molar-refractivity contribution in [3.8, 4) is 0 Å². The summed E-state index contributed by atoms with van der Waals surface area (Å²) in [6, 6.07) is 6.85. The van der Waals surface area contributed by atoms with Gasteiger partial charge in [0.15, 0.2) is 0 Å². The fraction of sp³-hybridized carbons (Fsp3) is 0.500. The summed E-state index contributed by atoms with van der Waals surface area (Å²) < 4.78 is 0. The highest BCUT2D eigenvalue weighted by molar-refractivity contribution is 6.30. The van der Waals surface area contributed by atoms with E-state index in [4.69, 9.17) is 11.6 Å². The minimum absolute atomic E-state index is 0.0258. The van der Waals surface area contributed by atoms with Crippen LogP contribution in [-0.2, 0) is 16.0 Å². The van der Waals surface area contributed by atoms with Crippen LogP contribution in [-0.4, -0.2) is 35.3 Å². The highest BCUT2D eigenvalue weighted by atomic mass is 35.5. The molecule has 4 nitrogen and oxygen atoms in total. The Morgan fingerprint density at radius 1 is 1.14 bits per heavy atom. The zero-order chi connectivity index (χ0) is 15.4. The fourth-order valence-electron chi connectivity index (χ4n) is 2.67. The first-order valence-corrected chi connectivity index (χ1v) is 7.79. The van der Waals surface area contributed by atoms with Crippen molar-refractivity contribution >= 4 is 23.4 Å². The molecule has 114 valence electrons. The van der Waals surface area contributed by atoms with Crippen LogP contribution in [0.1, 0.15) is 32.3 Å². The largest absolute Gasteiger partial charge is 0.343 e. The van der Waals surface area contributed by atoms with E-state index >= 15 is 0 Å². The van der Waals surface area contributed by atoms with Gasteiger partial charge >= 0.3 is 0 Å². The number of amides is 2. The number of hydrogen-bond acceptors (Lipinski definition) is 2. The van der Waals surface area contributed by atoms with Crippen LogP contribution in [0.3, 0.4) is 0 Å². The molecule has 0 spiro atoms. The zero-order valence-electron chi connectivity index (χ0n) is 12.4. The van der Waals surface area contributed by atoms with E-state index in [-0.39, 0.29) is 23.9 Å². The molecule has 5 heteroatoms. The average Bonchev–Trinajstić information content (AvgIpc) is 2.49. The second-order valence-electron chi connectivity index (χ2n) is 5.30. The van der Waals surface area contributed by atoms with Gasteiger partial charge in [0.25, 0.3) is 0 Å². The maximum absolute atomic E-state index is 12.4. The zero-order valence-corrected chi connectivity index (χ0v) is 13.2. The monoisotopic (exact) mass is 308 g/mol. The van der Waals surface area contributed by atoms with E-state index in [0.29, 0.717) is 24.4 Å². The molecule has 2 rings (SSSR count). The molecular formula is C16H21ClN2O2. The van der Waals surface area contributed by atoms with Crippen LogP contribution in [0.15, 0.2) is 24.3 Å². The van der Waals surface area contributed by atoms with Crippen LogP contribution >= 0.6 is 11.6 Å². The molecule has 2 amide bonds. The van der Waals surface area contributed by atoms with Gasteiger partial charge in [-0.15, -0.1) is 0 Å². The van der Waals surface area contributed by atoms with Gasteiger partial charge < -0.3 is 10.2 Å². The molecule has 1 saturated heterocycles. The summed E-state index contributed by atoms with van der Waals surface area (Å²) in [5, 5.41) is 3.50. The first kappa shape index (κ1) is 15.8. The van der Waals surface area contributed by atoms with Crippen molar-refractivity contribution in [3.63, 3.8) is 0 Å². The number of carbonyl (C=O) groups is 2. The molecular weight excluding hydrogens is 288 g/mol. The Bertz CT molecular complexity index is 516. The lowest BCUT2D eigenvalue weighted by Crippen LogP contribution is -2.63. The summed E-state index contributed by atoms with van der Waals surface area (Å²) in [4.78, 5) is 26.2. The normalized spacial score (nSPS) is 22.3. The van der Waals surface area contributed by atoms with Crippen LogP contribution in [0.25, 0.3) is 0 Å². The Hall–Kier alpha value is -1.55. The van der Waals surface area contributed by atoms with E-state index < -0.39 is 0 Å². The molecule has 1 heterocycles. The van der Waals surface area contributed by atoms with Gasteiger partial charge in [-0.3, -0.25) is 9.59 Å². The molecule has 0 aromatic heterocycles. The van der Waals surface area contributed by atoms with E-state index in [1.807, 2.05) is 38.1 Å². The lowest BCUT2D eigenvalue weighted by Gasteiger charge is -2.38. The second-order valence-corrected chi connectivity index (χ2v) is 5.74. The SMILES string of the molecule is CCC1NC(=O)C(CC)N(CCc2ccc(Cl)cc2)C1=O. The van der Waals surface area contributed by atoms with Crippen molar-refractivity contribution in [2.24, 2.45) is 0 Å². The molecule has 1 aliphatic rings. The molecule has 21 heavy (non-hydrogen) atoms. The molecule has 2 atom stereocenters. The van der Waals surface area contributed by atoms with Crippen molar-refractivity contribution in [1.29, 1.82) is 0 Å². The molecule has 0 saturated carbocycles. The third-order valence-corrected chi connectivity index (χ3v) is 4.18. The second kappa shape index (κ2) is 6.94. The van der Waals surface area contributed by atoms with Crippen molar-refractivity contribution in [2.45, 2.75) is 45.2 Å². The Labute approximate surface area is 130 Å². The number of rotatable bonds is 5. The van der Waals surface area contributed by atoms with Gasteiger partial charge in [-0.1, -0.05) is 37.6 Å². The molecule has 2 unspecified atom stereocenters. The predicted octanol–water partition coefficient (Wildman–Crippen LogP) is 2.40. The standard InChI is InChI=1S/C16H21ClN2O2/c1-3-13-16(21)19(14(4-2)15(20)18-13)10-9-11-5-7-12(17)8-6-11/h5-8,13-14H,3-4,9-10H2,1-2H3,(H,18,20). The third kappa shape index (κ3) is 3.56. The number of nitrogens with zero attached hydrogens (tertiary/aromatic N) is 1. The first-order valence-electron chi connectivity index (χ1n) is 7.42. The minimum atomic E-state index is -0.384. The minimum Gasteiger partial charge on any atom is -0.343 e. The van der Waals surface area contributed by atoms with Gasteiger partial charge in [-0.2, -0.15) is 0 Å². The number of carbonyl (C=O) groups excluding carboxylic acids is 2. The number of nitrogens with one attached hydrogen (secondary N) is 1. The van der Waals surface area contributed by atoms with Crippen molar-refractivity contribution in [2.75, 3.05) is 6.54 Å². The quantitative estimate of drug-likeness (QED) is 0.908. The Kier molecular flexibility index (Phi) is 5.23. The molecule has 0 radical (unpaired) electrons. The maximum atomic E-state index is 12.4. The number of halogens is 1. The van der Waals surface area contributed by atoms with Crippen LogP contribution < -0.4 is 5.32 Å². The van der Waals surface area contributed by atoms with E-state index in [9.17, 15) is 9.59 Å². The molecule has 1 fully saturated rings. The third-order valence-electron chi connectivity index (χ3n) is 3.93. The van der Waals surface area contributed by atoms with Gasteiger partial charge in [-0.05, 0) is 37.0 Å². The number of benzene rings is 1. The molecule has 1 aliphatic heterocycles. The van der Waals surface area contributed by atoms with Gasteiger partial charge in [0, 0.05) is 11.6 Å². The van der Waals surface area contributed by atoms with E-state index in [2.05, 4.69) is 5.32 Å². The number of hydrogen-bond donors (Lipinski definition) is 1. The topological polar surface area (TPSA) is 49.4 Å². The Morgan fingerprint density at radius 2 is 1.81 bits per heavy atom. The number of piperazine rings is 1. The van der Waals surface area contributed by atoms with Gasteiger partial charge in [0.1, 0.15) is 12.1 Å². The maximum Gasteiger partial charge on any atom is 0.245 e. The molecule has 0 aliphatic carbocycles. The van der Waals surface area contributed by atoms with Crippen molar-refractivity contribution in [3.05, 3.63) is 34.9 Å². The average molecular weight is 309 g/mol. The fourth-order valence-corrected chi connectivity index (χ4v) is 2.80. The Morgan fingerprint density at radius 3 is 2.38 bits per heavy atom. The Balaban J connectivity index is 2.08. The summed E-state index contributed by atoms with van der Waals surface area (Å²) in [5.41, 5.74) is 1.11. The van der Waals surface area contributed by atoms with Crippen LogP contribution in [0.4, 0.5) is 0 Å². The van der Waals surface area contributed by atoms with Crippen molar-refractivity contribution in [1.82, 2.24) is 10.2 Å². The van der Waals surface area contributed by atoms with Gasteiger partial charge in [-0.25, -0.2) is 0 Å².